The van der Waals surface area contributed by atoms with Gasteiger partial charge >= 0.3 is 0 Å². The number of benzene rings is 2. The maximum atomic E-state index is 12.5. The summed E-state index contributed by atoms with van der Waals surface area (Å²) in [5, 5.41) is 3.10. The Morgan fingerprint density at radius 1 is 1.00 bits per heavy atom. The molecule has 0 bridgehead atoms. The molecular weight excluding hydrogens is 394 g/mol. The zero-order valence-corrected chi connectivity index (χ0v) is 17.0. The lowest BCUT2D eigenvalue weighted by molar-refractivity contribution is -0.131. The second kappa shape index (κ2) is 11.1. The molecule has 0 heterocycles. The Kier molecular flexibility index (Phi) is 8.48. The topological polar surface area (TPSA) is 96.5 Å². The molecule has 8 heteroatoms. The van der Waals surface area contributed by atoms with Crippen LogP contribution in [0.3, 0.4) is 0 Å². The third-order valence-electron chi connectivity index (χ3n) is 4.34. The molecule has 0 aromatic heterocycles. The van der Waals surface area contributed by atoms with Gasteiger partial charge in [0.15, 0.2) is 6.61 Å². The average Bonchev–Trinajstić information content (AvgIpc) is 2.75. The summed E-state index contributed by atoms with van der Waals surface area (Å²) in [7, 11) is 0. The zero-order chi connectivity index (χ0) is 21.2. The van der Waals surface area contributed by atoms with Crippen LogP contribution in [0.5, 0.6) is 5.75 Å². The van der Waals surface area contributed by atoms with Crippen LogP contribution in [0.2, 0.25) is 5.02 Å². The number of hydrogen-bond acceptors (Lipinski definition) is 4. The van der Waals surface area contributed by atoms with Gasteiger partial charge in [0.1, 0.15) is 11.8 Å². The van der Waals surface area contributed by atoms with Gasteiger partial charge in [-0.05, 0) is 30.2 Å². The number of hydrazine groups is 1. The summed E-state index contributed by atoms with van der Waals surface area (Å²) in [6, 6.07) is 14.5. The minimum absolute atomic E-state index is 0.140. The second-order valence-electron chi connectivity index (χ2n) is 6.46. The highest BCUT2D eigenvalue weighted by Gasteiger charge is 2.26. The van der Waals surface area contributed by atoms with E-state index in [1.165, 1.54) is 0 Å². The third-order valence-corrected chi connectivity index (χ3v) is 4.65. The molecule has 3 amide bonds. The highest BCUT2D eigenvalue weighted by molar-refractivity contribution is 6.32. The van der Waals surface area contributed by atoms with Gasteiger partial charge in [0.2, 0.25) is 0 Å². The number of rotatable bonds is 8. The van der Waals surface area contributed by atoms with E-state index in [4.69, 9.17) is 16.3 Å². The standard InChI is InChI=1S/C21H24ClN3O4/c1-3-14(2)19(23-20(27)15-9-5-4-6-10-15)21(28)25-24-18(26)13-29-17-12-8-7-11-16(17)22/h4-12,14,19H,3,13H2,1-2H3,(H,23,27)(H,24,26)(H,25,28)/t14-,19-/m0/s1. The molecule has 0 fully saturated rings. The lowest BCUT2D eigenvalue weighted by Crippen LogP contribution is -2.55. The fourth-order valence-electron chi connectivity index (χ4n) is 2.47. The Morgan fingerprint density at radius 2 is 1.66 bits per heavy atom. The summed E-state index contributed by atoms with van der Waals surface area (Å²) >= 11 is 5.96. The molecule has 0 unspecified atom stereocenters. The van der Waals surface area contributed by atoms with Crippen molar-refractivity contribution < 1.29 is 19.1 Å². The predicted molar refractivity (Wildman–Crippen MR) is 110 cm³/mol. The van der Waals surface area contributed by atoms with Gasteiger partial charge < -0.3 is 10.1 Å². The second-order valence-corrected chi connectivity index (χ2v) is 6.87. The smallest absolute Gasteiger partial charge is 0.276 e. The van der Waals surface area contributed by atoms with Crippen molar-refractivity contribution in [2.24, 2.45) is 5.92 Å². The van der Waals surface area contributed by atoms with Crippen LogP contribution in [-0.2, 0) is 9.59 Å². The van der Waals surface area contributed by atoms with Crippen LogP contribution in [0, 0.1) is 5.92 Å². The van der Waals surface area contributed by atoms with E-state index in [0.29, 0.717) is 22.8 Å². The van der Waals surface area contributed by atoms with E-state index in [9.17, 15) is 14.4 Å². The molecule has 2 atom stereocenters. The van der Waals surface area contributed by atoms with Gasteiger partial charge in [0, 0.05) is 5.56 Å². The Bertz CT molecular complexity index is 845. The van der Waals surface area contributed by atoms with Crippen molar-refractivity contribution in [2.45, 2.75) is 26.3 Å². The number of hydrogen-bond donors (Lipinski definition) is 3. The number of amides is 3. The molecule has 0 aliphatic rings. The highest BCUT2D eigenvalue weighted by atomic mass is 35.5. The zero-order valence-electron chi connectivity index (χ0n) is 16.3. The van der Waals surface area contributed by atoms with E-state index in [2.05, 4.69) is 16.2 Å². The number of carbonyl (C=O) groups is 3. The molecule has 7 nitrogen and oxygen atoms in total. The van der Waals surface area contributed by atoms with E-state index < -0.39 is 17.9 Å². The fourth-order valence-corrected chi connectivity index (χ4v) is 2.66. The fraction of sp³-hybridized carbons (Fsp3) is 0.286. The van der Waals surface area contributed by atoms with Crippen LogP contribution >= 0.6 is 11.6 Å². The summed E-state index contributed by atoms with van der Waals surface area (Å²) in [4.78, 5) is 36.9. The Balaban J connectivity index is 1.89. The minimum atomic E-state index is -0.808. The summed E-state index contributed by atoms with van der Waals surface area (Å²) in [5.74, 6) is -1.22. The van der Waals surface area contributed by atoms with Gasteiger partial charge in [-0.15, -0.1) is 0 Å². The monoisotopic (exact) mass is 417 g/mol. The van der Waals surface area contributed by atoms with Crippen molar-refractivity contribution in [1.82, 2.24) is 16.2 Å². The average molecular weight is 418 g/mol. The van der Waals surface area contributed by atoms with Crippen molar-refractivity contribution in [3.8, 4) is 5.75 Å². The van der Waals surface area contributed by atoms with Crippen LogP contribution in [-0.4, -0.2) is 30.4 Å². The van der Waals surface area contributed by atoms with E-state index in [0.717, 1.165) is 0 Å². The molecule has 0 radical (unpaired) electrons. The normalized spacial score (nSPS) is 12.4. The van der Waals surface area contributed by atoms with Crippen LogP contribution in [0.4, 0.5) is 0 Å². The largest absolute Gasteiger partial charge is 0.482 e. The van der Waals surface area contributed by atoms with Crippen LogP contribution in [0.25, 0.3) is 0 Å². The molecule has 29 heavy (non-hydrogen) atoms. The Hall–Kier alpha value is -3.06. The van der Waals surface area contributed by atoms with E-state index >= 15 is 0 Å². The minimum Gasteiger partial charge on any atom is -0.482 e. The summed E-state index contributed by atoms with van der Waals surface area (Å²) in [6.07, 6.45) is 0.663. The molecule has 154 valence electrons. The number of para-hydroxylation sites is 1. The number of ether oxygens (including phenoxy) is 1. The maximum Gasteiger partial charge on any atom is 0.276 e. The SMILES string of the molecule is CC[C@H](C)[C@H](NC(=O)c1ccccc1)C(=O)NNC(=O)COc1ccccc1Cl. The lowest BCUT2D eigenvalue weighted by Gasteiger charge is -2.23. The van der Waals surface area contributed by atoms with Crippen molar-refractivity contribution in [1.29, 1.82) is 0 Å². The van der Waals surface area contributed by atoms with Crippen LogP contribution in [0.15, 0.2) is 54.6 Å². The van der Waals surface area contributed by atoms with Gasteiger partial charge in [0.05, 0.1) is 5.02 Å². The summed E-state index contributed by atoms with van der Waals surface area (Å²) in [6.45, 7) is 3.43. The number of halogens is 1. The first-order valence-electron chi connectivity index (χ1n) is 9.24. The quantitative estimate of drug-likeness (QED) is 0.575. The Morgan fingerprint density at radius 3 is 2.31 bits per heavy atom. The first-order chi connectivity index (χ1) is 13.9. The van der Waals surface area contributed by atoms with E-state index in [1.807, 2.05) is 13.8 Å². The molecule has 2 aromatic carbocycles. The van der Waals surface area contributed by atoms with Gasteiger partial charge in [-0.3, -0.25) is 25.2 Å². The first-order valence-corrected chi connectivity index (χ1v) is 9.62. The maximum absolute atomic E-state index is 12.5. The van der Waals surface area contributed by atoms with Gasteiger partial charge in [-0.1, -0.05) is 62.2 Å². The number of carbonyl (C=O) groups excluding carboxylic acids is 3. The summed E-state index contributed by atoms with van der Waals surface area (Å²) < 4.78 is 5.32. The molecule has 3 N–H and O–H groups in total. The third kappa shape index (κ3) is 6.80. The Labute approximate surface area is 174 Å². The van der Waals surface area contributed by atoms with Gasteiger partial charge in [0.25, 0.3) is 17.7 Å². The van der Waals surface area contributed by atoms with Gasteiger partial charge in [-0.2, -0.15) is 0 Å². The molecule has 2 aromatic rings. The van der Waals surface area contributed by atoms with Crippen molar-refractivity contribution in [3.05, 3.63) is 65.2 Å². The molecule has 0 spiro atoms. The van der Waals surface area contributed by atoms with Crippen LogP contribution in [0.1, 0.15) is 30.6 Å². The van der Waals surface area contributed by atoms with Crippen molar-refractivity contribution >= 4 is 29.3 Å². The van der Waals surface area contributed by atoms with Gasteiger partial charge in [-0.25, -0.2) is 0 Å². The molecule has 0 saturated heterocycles. The van der Waals surface area contributed by atoms with E-state index in [-0.39, 0.29) is 18.4 Å². The summed E-state index contributed by atoms with van der Waals surface area (Å²) in [5.41, 5.74) is 5.08. The first kappa shape index (κ1) is 22.2. The van der Waals surface area contributed by atoms with Crippen molar-refractivity contribution in [2.75, 3.05) is 6.61 Å². The molecule has 0 saturated carbocycles. The number of nitrogens with one attached hydrogen (secondary N) is 3. The van der Waals surface area contributed by atoms with Crippen LogP contribution < -0.4 is 20.9 Å². The molecule has 2 rings (SSSR count). The van der Waals surface area contributed by atoms with E-state index in [1.54, 1.807) is 54.6 Å². The lowest BCUT2D eigenvalue weighted by atomic mass is 9.98. The molecular formula is C21H24ClN3O4. The molecule has 0 aliphatic heterocycles. The highest BCUT2D eigenvalue weighted by Crippen LogP contribution is 2.22. The van der Waals surface area contributed by atoms with Crippen molar-refractivity contribution in [3.63, 3.8) is 0 Å². The predicted octanol–water partition coefficient (Wildman–Crippen LogP) is 2.71. The molecule has 0 aliphatic carbocycles.